The van der Waals surface area contributed by atoms with E-state index in [4.69, 9.17) is 9.47 Å². The molecule has 0 saturated carbocycles. The van der Waals surface area contributed by atoms with Gasteiger partial charge in [0.25, 0.3) is 5.91 Å². The van der Waals surface area contributed by atoms with Crippen LogP contribution in [0.3, 0.4) is 0 Å². The quantitative estimate of drug-likeness (QED) is 0.717. The summed E-state index contributed by atoms with van der Waals surface area (Å²) in [5.74, 6) is 0.751. The summed E-state index contributed by atoms with van der Waals surface area (Å²) in [5, 5.41) is 2.96. The molecule has 0 aliphatic carbocycles. The van der Waals surface area contributed by atoms with Crippen LogP contribution < -0.4 is 10.1 Å². The molecule has 2 atom stereocenters. The first-order valence-corrected chi connectivity index (χ1v) is 8.59. The summed E-state index contributed by atoms with van der Waals surface area (Å²) in [4.78, 5) is 12.5. The van der Waals surface area contributed by atoms with Gasteiger partial charge in [-0.1, -0.05) is 20.8 Å². The molecule has 0 bridgehead atoms. The molecule has 0 spiro atoms. The molecule has 0 heterocycles. The first kappa shape index (κ1) is 19.5. The lowest BCUT2D eigenvalue weighted by atomic mass is 10.0. The second-order valence-electron chi connectivity index (χ2n) is 6.20. The van der Waals surface area contributed by atoms with Gasteiger partial charge in [-0.05, 0) is 63.8 Å². The van der Waals surface area contributed by atoms with Crippen LogP contribution in [-0.2, 0) is 9.53 Å². The van der Waals surface area contributed by atoms with E-state index >= 15 is 0 Å². The highest BCUT2D eigenvalue weighted by Crippen LogP contribution is 2.25. The van der Waals surface area contributed by atoms with Crippen LogP contribution in [0.2, 0.25) is 0 Å². The normalized spacial score (nSPS) is 14.9. The third-order valence-electron chi connectivity index (χ3n) is 4.12. The van der Waals surface area contributed by atoms with Crippen molar-refractivity contribution in [2.24, 2.45) is 0 Å². The number of nitrogens with one attached hydrogen (secondary N) is 1. The number of hydrogen-bond donors (Lipinski definition) is 1. The monoisotopic (exact) mass is 321 g/mol. The molecule has 1 rings (SSSR count). The number of anilines is 1. The van der Waals surface area contributed by atoms with Gasteiger partial charge in [-0.15, -0.1) is 0 Å². The SMILES string of the molecule is CCCOC(C)(CC)C(=O)Nc1ccc(OC(C)CC)c(C)c1. The molecular weight excluding hydrogens is 290 g/mol. The van der Waals surface area contributed by atoms with Crippen LogP contribution in [0.4, 0.5) is 5.69 Å². The Morgan fingerprint density at radius 3 is 2.52 bits per heavy atom. The summed E-state index contributed by atoms with van der Waals surface area (Å²) in [6.07, 6.45) is 2.66. The number of ether oxygens (including phenoxy) is 2. The second kappa shape index (κ2) is 8.92. The van der Waals surface area contributed by atoms with Gasteiger partial charge < -0.3 is 14.8 Å². The molecule has 23 heavy (non-hydrogen) atoms. The third-order valence-corrected chi connectivity index (χ3v) is 4.12. The van der Waals surface area contributed by atoms with Gasteiger partial charge in [-0.25, -0.2) is 0 Å². The highest BCUT2D eigenvalue weighted by Gasteiger charge is 2.32. The van der Waals surface area contributed by atoms with Crippen LogP contribution >= 0.6 is 0 Å². The predicted octanol–water partition coefficient (Wildman–Crippen LogP) is 4.71. The molecule has 1 aromatic carbocycles. The van der Waals surface area contributed by atoms with E-state index in [0.29, 0.717) is 13.0 Å². The van der Waals surface area contributed by atoms with Gasteiger partial charge in [0.1, 0.15) is 11.4 Å². The molecular formula is C19H31NO3. The molecule has 0 radical (unpaired) electrons. The maximum atomic E-state index is 12.5. The zero-order valence-electron chi connectivity index (χ0n) is 15.4. The fourth-order valence-electron chi connectivity index (χ4n) is 2.08. The van der Waals surface area contributed by atoms with Gasteiger partial charge >= 0.3 is 0 Å². The molecule has 0 aliphatic rings. The molecule has 4 nitrogen and oxygen atoms in total. The molecule has 1 amide bonds. The van der Waals surface area contributed by atoms with Gasteiger partial charge in [-0.2, -0.15) is 0 Å². The lowest BCUT2D eigenvalue weighted by molar-refractivity contribution is -0.139. The molecule has 0 fully saturated rings. The Morgan fingerprint density at radius 1 is 1.30 bits per heavy atom. The van der Waals surface area contributed by atoms with Crippen molar-refractivity contribution in [2.75, 3.05) is 11.9 Å². The average Bonchev–Trinajstić information content (AvgIpc) is 2.54. The number of carbonyl (C=O) groups excluding carboxylic acids is 1. The van der Waals surface area contributed by atoms with E-state index < -0.39 is 5.60 Å². The van der Waals surface area contributed by atoms with Crippen molar-refractivity contribution in [3.05, 3.63) is 23.8 Å². The van der Waals surface area contributed by atoms with Gasteiger partial charge in [-0.3, -0.25) is 4.79 Å². The Balaban J connectivity index is 2.80. The Kier molecular flexibility index (Phi) is 7.56. The maximum absolute atomic E-state index is 12.5. The Labute approximate surface area is 140 Å². The Morgan fingerprint density at radius 2 is 2.00 bits per heavy atom. The molecule has 1 N–H and O–H groups in total. The minimum Gasteiger partial charge on any atom is -0.490 e. The van der Waals surface area contributed by atoms with Gasteiger partial charge in [0.05, 0.1) is 6.10 Å². The van der Waals surface area contributed by atoms with Crippen molar-refractivity contribution in [2.45, 2.75) is 72.5 Å². The lowest BCUT2D eigenvalue weighted by Crippen LogP contribution is -2.42. The maximum Gasteiger partial charge on any atom is 0.256 e. The summed E-state index contributed by atoms with van der Waals surface area (Å²) in [6.45, 7) is 12.5. The first-order valence-electron chi connectivity index (χ1n) is 8.59. The smallest absolute Gasteiger partial charge is 0.256 e. The first-order chi connectivity index (χ1) is 10.9. The van der Waals surface area contributed by atoms with Gasteiger partial charge in [0.2, 0.25) is 0 Å². The number of hydrogen-bond acceptors (Lipinski definition) is 3. The standard InChI is InChI=1S/C19H31NO3/c1-7-12-22-19(6,9-3)18(21)20-16-10-11-17(14(4)13-16)23-15(5)8-2/h10-11,13,15H,7-9,12H2,1-6H3,(H,20,21). The largest absolute Gasteiger partial charge is 0.490 e. The van der Waals surface area contributed by atoms with E-state index in [-0.39, 0.29) is 12.0 Å². The number of aryl methyl sites for hydroxylation is 1. The summed E-state index contributed by atoms with van der Waals surface area (Å²) >= 11 is 0. The van der Waals surface area contributed by atoms with Crippen LogP contribution in [0, 0.1) is 6.92 Å². The zero-order valence-corrected chi connectivity index (χ0v) is 15.4. The molecule has 2 unspecified atom stereocenters. The van der Waals surface area contributed by atoms with E-state index in [1.54, 1.807) is 0 Å². The van der Waals surface area contributed by atoms with Crippen molar-refractivity contribution in [1.29, 1.82) is 0 Å². The lowest BCUT2D eigenvalue weighted by Gasteiger charge is -2.27. The van der Waals surface area contributed by atoms with Crippen molar-refractivity contribution in [3.63, 3.8) is 0 Å². The molecule has 4 heteroatoms. The minimum absolute atomic E-state index is 0.108. The highest BCUT2D eigenvalue weighted by atomic mass is 16.5. The summed E-state index contributed by atoms with van der Waals surface area (Å²) < 4.78 is 11.6. The van der Waals surface area contributed by atoms with E-state index in [2.05, 4.69) is 12.2 Å². The van der Waals surface area contributed by atoms with Crippen molar-refractivity contribution in [1.82, 2.24) is 0 Å². The molecule has 0 aromatic heterocycles. The van der Waals surface area contributed by atoms with E-state index in [9.17, 15) is 4.79 Å². The average molecular weight is 321 g/mol. The summed E-state index contributed by atoms with van der Waals surface area (Å²) in [5.41, 5.74) is 0.982. The zero-order chi connectivity index (χ0) is 17.5. The van der Waals surface area contributed by atoms with Gasteiger partial charge in [0, 0.05) is 12.3 Å². The van der Waals surface area contributed by atoms with E-state index in [1.807, 2.05) is 52.8 Å². The van der Waals surface area contributed by atoms with Crippen molar-refractivity contribution >= 4 is 11.6 Å². The molecule has 0 saturated heterocycles. The van der Waals surface area contributed by atoms with Crippen LogP contribution in [0.25, 0.3) is 0 Å². The fourth-order valence-corrected chi connectivity index (χ4v) is 2.08. The van der Waals surface area contributed by atoms with Crippen LogP contribution in [0.15, 0.2) is 18.2 Å². The number of rotatable bonds is 9. The predicted molar refractivity (Wildman–Crippen MR) is 95.1 cm³/mol. The number of benzene rings is 1. The molecule has 130 valence electrons. The number of carbonyl (C=O) groups is 1. The van der Waals surface area contributed by atoms with Gasteiger partial charge in [0.15, 0.2) is 0 Å². The van der Waals surface area contributed by atoms with Crippen molar-refractivity contribution < 1.29 is 14.3 Å². The van der Waals surface area contributed by atoms with Crippen molar-refractivity contribution in [3.8, 4) is 5.75 Å². The minimum atomic E-state index is -0.796. The van der Waals surface area contributed by atoms with Crippen LogP contribution in [-0.4, -0.2) is 24.2 Å². The Hall–Kier alpha value is -1.55. The summed E-state index contributed by atoms with van der Waals surface area (Å²) in [6, 6.07) is 5.72. The number of amides is 1. The molecule has 0 aliphatic heterocycles. The third kappa shape index (κ3) is 5.54. The van der Waals surface area contributed by atoms with Crippen LogP contribution in [0.1, 0.15) is 59.4 Å². The van der Waals surface area contributed by atoms with E-state index in [0.717, 1.165) is 29.8 Å². The van der Waals surface area contributed by atoms with E-state index in [1.165, 1.54) is 0 Å². The molecule has 1 aromatic rings. The fraction of sp³-hybridized carbons (Fsp3) is 0.632. The Bertz CT molecular complexity index is 515. The summed E-state index contributed by atoms with van der Waals surface area (Å²) in [7, 11) is 0. The second-order valence-corrected chi connectivity index (χ2v) is 6.20. The highest BCUT2D eigenvalue weighted by molar-refractivity contribution is 5.97. The van der Waals surface area contributed by atoms with Crippen LogP contribution in [0.5, 0.6) is 5.75 Å². The topological polar surface area (TPSA) is 47.6 Å².